The normalized spacial score (nSPS) is 19.0. The van der Waals surface area contributed by atoms with E-state index in [1.165, 1.54) is 101 Å². The summed E-state index contributed by atoms with van der Waals surface area (Å²) in [4.78, 5) is 8.02. The molecule has 0 saturated carbocycles. The summed E-state index contributed by atoms with van der Waals surface area (Å²) in [5, 5.41) is 1.30. The van der Waals surface area contributed by atoms with Crippen molar-refractivity contribution < 1.29 is 0 Å². The molecule has 1 atom stereocenters. The molecule has 0 bridgehead atoms. The van der Waals surface area contributed by atoms with Gasteiger partial charge in [0.25, 0.3) is 6.71 Å². The van der Waals surface area contributed by atoms with Crippen molar-refractivity contribution in [2.75, 3.05) is 14.7 Å². The molecule has 1 aromatic heterocycles. The molecule has 9 aromatic rings. The van der Waals surface area contributed by atoms with Gasteiger partial charge in [0.1, 0.15) is 0 Å². The van der Waals surface area contributed by atoms with E-state index >= 15 is 0 Å². The summed E-state index contributed by atoms with van der Waals surface area (Å²) in [5.74, 6) is 0. The Morgan fingerprint density at radius 2 is 1.04 bits per heavy atom. The Morgan fingerprint density at radius 1 is 0.486 bits per heavy atom. The van der Waals surface area contributed by atoms with Crippen molar-refractivity contribution in [2.45, 2.75) is 122 Å². The first-order valence-corrected chi connectivity index (χ1v) is 28.0. The van der Waals surface area contributed by atoms with Crippen LogP contribution in [0.25, 0.3) is 21.2 Å². The van der Waals surface area contributed by atoms with Gasteiger partial charge in [0.05, 0.1) is 22.7 Å². The fraction of sp³-hybridized carbons (Fsp3) is 0.275. The zero-order chi connectivity index (χ0) is 50.8. The fourth-order valence-electron chi connectivity index (χ4n) is 14.5. The molecule has 3 nitrogen and oxygen atoms in total. The topological polar surface area (TPSA) is 9.72 Å². The molecule has 1 unspecified atom stereocenters. The number of para-hydroxylation sites is 2. The number of thiophene rings is 1. The number of nitrogens with zero attached hydrogens (tertiary/aromatic N) is 3. The molecule has 0 saturated heterocycles. The van der Waals surface area contributed by atoms with Gasteiger partial charge in [-0.05, 0) is 158 Å². The lowest BCUT2D eigenvalue weighted by molar-refractivity contribution is 0.311. The zero-order valence-electron chi connectivity index (χ0n) is 44.8. The Labute approximate surface area is 443 Å². The van der Waals surface area contributed by atoms with Crippen LogP contribution in [0.15, 0.2) is 170 Å². The van der Waals surface area contributed by atoms with Gasteiger partial charge in [-0.15, -0.1) is 11.3 Å². The van der Waals surface area contributed by atoms with Crippen LogP contribution >= 0.6 is 11.3 Å². The predicted octanol–water partition coefficient (Wildman–Crippen LogP) is 17.5. The molecule has 0 spiro atoms. The maximum Gasteiger partial charge on any atom is 0.264 e. The minimum absolute atomic E-state index is 0.00823. The van der Waals surface area contributed by atoms with E-state index in [0.29, 0.717) is 0 Å². The van der Waals surface area contributed by atoms with E-state index in [1.54, 1.807) is 16.7 Å². The van der Waals surface area contributed by atoms with Gasteiger partial charge in [-0.3, -0.25) is 0 Å². The molecular weight excluding hydrogens is 914 g/mol. The number of rotatable bonds is 5. The molecule has 2 aliphatic carbocycles. The Balaban J connectivity index is 1.18. The van der Waals surface area contributed by atoms with Gasteiger partial charge in [0.2, 0.25) is 0 Å². The lowest BCUT2D eigenvalue weighted by Crippen LogP contribution is -2.62. The van der Waals surface area contributed by atoms with Crippen LogP contribution < -0.4 is 30.4 Å². The first-order valence-electron chi connectivity index (χ1n) is 27.2. The summed E-state index contributed by atoms with van der Waals surface area (Å²) in [6, 6.07) is 65.2. The van der Waals surface area contributed by atoms with Crippen molar-refractivity contribution in [3.05, 3.63) is 203 Å². The van der Waals surface area contributed by atoms with E-state index < -0.39 is 0 Å². The van der Waals surface area contributed by atoms with Crippen molar-refractivity contribution in [2.24, 2.45) is 0 Å². The first kappa shape index (κ1) is 45.8. The third-order valence-electron chi connectivity index (χ3n) is 18.5. The van der Waals surface area contributed by atoms with E-state index in [2.05, 4.69) is 254 Å². The van der Waals surface area contributed by atoms with Gasteiger partial charge in [-0.25, -0.2) is 0 Å². The van der Waals surface area contributed by atoms with Crippen LogP contribution in [0.1, 0.15) is 128 Å². The van der Waals surface area contributed by atoms with Gasteiger partial charge in [-0.2, -0.15) is 0 Å². The molecule has 3 aliphatic heterocycles. The van der Waals surface area contributed by atoms with Crippen molar-refractivity contribution >= 4 is 95.0 Å². The second kappa shape index (κ2) is 15.6. The Kier molecular flexibility index (Phi) is 9.66. The molecule has 4 heterocycles. The molecule has 0 fully saturated rings. The summed E-state index contributed by atoms with van der Waals surface area (Å²) < 4.78 is 2.74. The monoisotopic (exact) mass is 980 g/mol. The minimum Gasteiger partial charge on any atom is -0.311 e. The highest BCUT2D eigenvalue weighted by molar-refractivity contribution is 7.33. The number of fused-ring (bicyclic) bond motifs is 11. The SMILES string of the molecule is CC(C)(C)c1ccc(N2c3cc(N(c4ccccc4)c4ccccc4)cc4c3B(c3ccc5c6c3N4c3ccc4c(c3C6(C)CCC5(C)C)C(C)(C)CCC4(C)C)c3sc4ccccc4c32)c(-c2ccccc2)c1. The highest BCUT2D eigenvalue weighted by atomic mass is 32.1. The molecule has 0 N–H and O–H groups in total. The minimum atomic E-state index is -0.181. The quantitative estimate of drug-likeness (QED) is 0.159. The molecule has 14 rings (SSSR count). The van der Waals surface area contributed by atoms with Crippen LogP contribution in [0.4, 0.5) is 51.2 Å². The van der Waals surface area contributed by atoms with Gasteiger partial charge < -0.3 is 14.7 Å². The van der Waals surface area contributed by atoms with E-state index in [-0.39, 0.29) is 33.8 Å². The van der Waals surface area contributed by atoms with E-state index in [0.717, 1.165) is 29.9 Å². The Bertz CT molecular complexity index is 3750. The van der Waals surface area contributed by atoms with Crippen molar-refractivity contribution in [1.82, 2.24) is 0 Å². The van der Waals surface area contributed by atoms with Crippen molar-refractivity contribution in [3.8, 4) is 11.1 Å². The number of benzene rings is 8. The zero-order valence-corrected chi connectivity index (χ0v) is 45.6. The number of hydrogen-bond acceptors (Lipinski definition) is 4. The molecule has 366 valence electrons. The van der Waals surface area contributed by atoms with Crippen LogP contribution in [-0.4, -0.2) is 6.71 Å². The Hall–Kier alpha value is -6.82. The number of anilines is 9. The summed E-state index contributed by atoms with van der Waals surface area (Å²) >= 11 is 2.00. The third-order valence-corrected chi connectivity index (χ3v) is 19.7. The average molecular weight is 980 g/mol. The molecule has 74 heavy (non-hydrogen) atoms. The van der Waals surface area contributed by atoms with Crippen LogP contribution in [0, 0.1) is 0 Å². The molecular formula is C69H66BN3S. The van der Waals surface area contributed by atoms with Gasteiger partial charge in [-0.1, -0.05) is 178 Å². The summed E-state index contributed by atoms with van der Waals surface area (Å²) in [7, 11) is 0. The van der Waals surface area contributed by atoms with Crippen LogP contribution in [0.2, 0.25) is 0 Å². The Morgan fingerprint density at radius 3 is 1.70 bits per heavy atom. The summed E-state index contributed by atoms with van der Waals surface area (Å²) in [6.45, 7) is 24.8. The van der Waals surface area contributed by atoms with Gasteiger partial charge in [0.15, 0.2) is 0 Å². The first-order chi connectivity index (χ1) is 35.5. The fourth-order valence-corrected chi connectivity index (χ4v) is 15.8. The maximum atomic E-state index is 2.81. The highest BCUT2D eigenvalue weighted by Crippen LogP contribution is 2.65. The summed E-state index contributed by atoms with van der Waals surface area (Å²) in [5.41, 5.74) is 25.4. The van der Waals surface area contributed by atoms with E-state index in [9.17, 15) is 0 Å². The third kappa shape index (κ3) is 6.38. The van der Waals surface area contributed by atoms with E-state index in [1.807, 2.05) is 11.3 Å². The van der Waals surface area contributed by atoms with Crippen LogP contribution in [0.5, 0.6) is 0 Å². The van der Waals surface area contributed by atoms with Gasteiger partial charge in [0, 0.05) is 54.3 Å². The lowest BCUT2D eigenvalue weighted by atomic mass is 9.35. The maximum absolute atomic E-state index is 2.81. The van der Waals surface area contributed by atoms with Gasteiger partial charge >= 0.3 is 0 Å². The predicted molar refractivity (Wildman–Crippen MR) is 319 cm³/mol. The molecule has 0 amide bonds. The number of hydrogen-bond donors (Lipinski definition) is 0. The summed E-state index contributed by atoms with van der Waals surface area (Å²) in [6.07, 6.45) is 4.62. The molecule has 8 aromatic carbocycles. The lowest BCUT2D eigenvalue weighted by Gasteiger charge is -2.56. The molecule has 5 aliphatic rings. The van der Waals surface area contributed by atoms with Crippen molar-refractivity contribution in [3.63, 3.8) is 0 Å². The highest BCUT2D eigenvalue weighted by Gasteiger charge is 2.56. The van der Waals surface area contributed by atoms with Crippen molar-refractivity contribution in [1.29, 1.82) is 0 Å². The van der Waals surface area contributed by atoms with E-state index in [4.69, 9.17) is 0 Å². The smallest absolute Gasteiger partial charge is 0.264 e. The average Bonchev–Trinajstić information content (AvgIpc) is 3.83. The largest absolute Gasteiger partial charge is 0.311 e. The van der Waals surface area contributed by atoms with Crippen LogP contribution in [-0.2, 0) is 27.1 Å². The molecule has 0 radical (unpaired) electrons. The molecule has 5 heteroatoms. The second-order valence-electron chi connectivity index (χ2n) is 25.5. The standard InChI is InChI=1S/C69H66BN3S/c1-65(2,3)44-30-34-53(49(40-44)43-22-14-11-15-23-43)72-55-41-47(71(45-24-16-12-17-25-45)46-26-18-13-19-27-46)42-56-61(55)70(64-62(72)48-28-20-21-29-57(48)74-64)52-33-31-51-59-63(52)73(56)54-35-32-50-58(68(8,9)37-36-66(50,4)5)60(54)69(59,10)39-38-67(51,6)7/h11-35,40-42H,36-39H2,1-10H3. The van der Waals surface area contributed by atoms with Crippen LogP contribution in [0.3, 0.4) is 0 Å². The second-order valence-corrected chi connectivity index (χ2v) is 26.5.